The Balaban J connectivity index is 2.02. The smallest absolute Gasteiger partial charge is 0.203 e. The Labute approximate surface area is 106 Å². The molecule has 0 saturated heterocycles. The molecule has 0 radical (unpaired) electrons. The number of aryl methyl sites for hydroxylation is 1. The molecule has 0 atom stereocenters. The van der Waals surface area contributed by atoms with Crippen LogP contribution in [0.25, 0.3) is 0 Å². The Morgan fingerprint density at radius 3 is 3.24 bits per heavy atom. The van der Waals surface area contributed by atoms with Crippen molar-refractivity contribution in [3.63, 3.8) is 0 Å². The summed E-state index contributed by atoms with van der Waals surface area (Å²) in [5, 5.41) is 5.51. The van der Waals surface area contributed by atoms with Crippen molar-refractivity contribution in [3.8, 4) is 0 Å². The van der Waals surface area contributed by atoms with Crippen LogP contribution in [0, 0.1) is 0 Å². The molecule has 0 bridgehead atoms. The van der Waals surface area contributed by atoms with E-state index in [4.69, 9.17) is 0 Å². The van der Waals surface area contributed by atoms with Crippen molar-refractivity contribution in [1.82, 2.24) is 9.55 Å². The summed E-state index contributed by atoms with van der Waals surface area (Å²) in [4.78, 5) is 5.69. The molecule has 2 rings (SSSR count). The number of thiophene rings is 1. The van der Waals surface area contributed by atoms with Gasteiger partial charge in [-0.2, -0.15) is 0 Å². The van der Waals surface area contributed by atoms with E-state index in [1.54, 1.807) is 17.5 Å². The molecule has 3 nitrogen and oxygen atoms in total. The van der Waals surface area contributed by atoms with Crippen LogP contribution >= 0.6 is 11.3 Å². The van der Waals surface area contributed by atoms with Gasteiger partial charge in [-0.1, -0.05) is 13.0 Å². The number of hydrogen-bond acceptors (Lipinski definition) is 3. The second-order valence-corrected chi connectivity index (χ2v) is 4.77. The molecule has 0 aliphatic heterocycles. The van der Waals surface area contributed by atoms with Crippen molar-refractivity contribution in [1.29, 1.82) is 0 Å². The highest BCUT2D eigenvalue weighted by molar-refractivity contribution is 7.10. The SMILES string of the molecule is C=CCn1ccnc1NCc1sccc1CC. The van der Waals surface area contributed by atoms with E-state index in [1.165, 1.54) is 10.4 Å². The van der Waals surface area contributed by atoms with E-state index in [2.05, 4.69) is 35.2 Å². The van der Waals surface area contributed by atoms with E-state index in [0.29, 0.717) is 0 Å². The van der Waals surface area contributed by atoms with Gasteiger partial charge in [-0.3, -0.25) is 0 Å². The largest absolute Gasteiger partial charge is 0.351 e. The third-order valence-electron chi connectivity index (χ3n) is 2.67. The second-order valence-electron chi connectivity index (χ2n) is 3.77. The summed E-state index contributed by atoms with van der Waals surface area (Å²) in [6.45, 7) is 7.55. The van der Waals surface area contributed by atoms with Crippen LogP contribution in [0.1, 0.15) is 17.4 Å². The zero-order valence-corrected chi connectivity index (χ0v) is 10.8. The summed E-state index contributed by atoms with van der Waals surface area (Å²) in [5.74, 6) is 0.903. The molecule has 0 fully saturated rings. The average molecular weight is 247 g/mol. The molecule has 90 valence electrons. The summed E-state index contributed by atoms with van der Waals surface area (Å²) < 4.78 is 2.05. The summed E-state index contributed by atoms with van der Waals surface area (Å²) in [5.41, 5.74) is 1.42. The first kappa shape index (κ1) is 11.9. The topological polar surface area (TPSA) is 29.9 Å². The third-order valence-corrected chi connectivity index (χ3v) is 3.63. The highest BCUT2D eigenvalue weighted by Crippen LogP contribution is 2.18. The van der Waals surface area contributed by atoms with Gasteiger partial charge in [0.15, 0.2) is 0 Å². The van der Waals surface area contributed by atoms with Crippen LogP contribution in [0.15, 0.2) is 36.5 Å². The highest BCUT2D eigenvalue weighted by Gasteiger charge is 2.04. The Morgan fingerprint density at radius 2 is 2.47 bits per heavy atom. The number of nitrogens with zero attached hydrogens (tertiary/aromatic N) is 2. The summed E-state index contributed by atoms with van der Waals surface area (Å²) >= 11 is 1.80. The first-order valence-corrected chi connectivity index (χ1v) is 6.64. The molecule has 1 N–H and O–H groups in total. The predicted molar refractivity (Wildman–Crippen MR) is 73.4 cm³/mol. The highest BCUT2D eigenvalue weighted by atomic mass is 32.1. The number of allylic oxidation sites excluding steroid dienone is 1. The molecule has 0 spiro atoms. The van der Waals surface area contributed by atoms with E-state index < -0.39 is 0 Å². The molecule has 0 unspecified atom stereocenters. The Kier molecular flexibility index (Phi) is 3.98. The summed E-state index contributed by atoms with van der Waals surface area (Å²) in [6, 6.07) is 2.19. The molecule has 0 amide bonds. The maximum Gasteiger partial charge on any atom is 0.203 e. The lowest BCUT2D eigenvalue weighted by Gasteiger charge is -2.08. The molecule has 0 aromatic carbocycles. The standard InChI is InChI=1S/C13H17N3S/c1-3-7-16-8-6-14-13(16)15-10-12-11(4-2)5-9-17-12/h3,5-6,8-9H,1,4,7,10H2,2H3,(H,14,15). The van der Waals surface area contributed by atoms with E-state index >= 15 is 0 Å². The van der Waals surface area contributed by atoms with Crippen molar-refractivity contribution < 1.29 is 0 Å². The Hall–Kier alpha value is -1.55. The normalized spacial score (nSPS) is 10.4. The molecule has 0 aliphatic carbocycles. The number of hydrogen-bond donors (Lipinski definition) is 1. The van der Waals surface area contributed by atoms with Gasteiger partial charge >= 0.3 is 0 Å². The maximum absolute atomic E-state index is 4.30. The quantitative estimate of drug-likeness (QED) is 0.794. The molecular weight excluding hydrogens is 230 g/mol. The minimum absolute atomic E-state index is 0.785. The number of nitrogens with one attached hydrogen (secondary N) is 1. The molecule has 2 heterocycles. The second kappa shape index (κ2) is 5.68. The molecule has 4 heteroatoms. The molecule has 17 heavy (non-hydrogen) atoms. The van der Waals surface area contributed by atoms with Crippen molar-refractivity contribution in [3.05, 3.63) is 46.9 Å². The summed E-state index contributed by atoms with van der Waals surface area (Å²) in [6.07, 6.45) is 6.72. The van der Waals surface area contributed by atoms with E-state index in [0.717, 1.165) is 25.5 Å². The Morgan fingerprint density at radius 1 is 1.59 bits per heavy atom. The molecule has 2 aromatic rings. The van der Waals surface area contributed by atoms with Gasteiger partial charge in [0.25, 0.3) is 0 Å². The fraction of sp³-hybridized carbons (Fsp3) is 0.308. The average Bonchev–Trinajstić information content (AvgIpc) is 2.95. The lowest BCUT2D eigenvalue weighted by atomic mass is 10.2. The van der Waals surface area contributed by atoms with E-state index in [1.807, 2.05) is 16.8 Å². The van der Waals surface area contributed by atoms with Gasteiger partial charge in [0.1, 0.15) is 0 Å². The van der Waals surface area contributed by atoms with Gasteiger partial charge < -0.3 is 9.88 Å². The molecular formula is C13H17N3S. The molecule has 2 aromatic heterocycles. The van der Waals surface area contributed by atoms with Gasteiger partial charge in [0.05, 0.1) is 6.54 Å². The van der Waals surface area contributed by atoms with Gasteiger partial charge in [-0.25, -0.2) is 4.98 Å². The van der Waals surface area contributed by atoms with Crippen LogP contribution in [0.4, 0.5) is 5.95 Å². The van der Waals surface area contributed by atoms with Crippen LogP contribution in [0.2, 0.25) is 0 Å². The van der Waals surface area contributed by atoms with Gasteiger partial charge in [0.2, 0.25) is 5.95 Å². The lowest BCUT2D eigenvalue weighted by Crippen LogP contribution is -2.06. The fourth-order valence-corrected chi connectivity index (χ4v) is 2.68. The maximum atomic E-state index is 4.30. The van der Waals surface area contributed by atoms with Crippen LogP contribution in [-0.2, 0) is 19.5 Å². The lowest BCUT2D eigenvalue weighted by molar-refractivity contribution is 0.820. The van der Waals surface area contributed by atoms with Gasteiger partial charge in [0, 0.05) is 23.8 Å². The number of imidazole rings is 1. The predicted octanol–water partition coefficient (Wildman–Crippen LogP) is 3.31. The third kappa shape index (κ3) is 2.77. The van der Waals surface area contributed by atoms with E-state index in [9.17, 15) is 0 Å². The van der Waals surface area contributed by atoms with Crippen LogP contribution in [0.5, 0.6) is 0 Å². The zero-order valence-electron chi connectivity index (χ0n) is 10.0. The Bertz CT molecular complexity index is 484. The van der Waals surface area contributed by atoms with Crippen molar-refractivity contribution in [2.24, 2.45) is 0 Å². The van der Waals surface area contributed by atoms with Crippen molar-refractivity contribution >= 4 is 17.3 Å². The van der Waals surface area contributed by atoms with Crippen molar-refractivity contribution in [2.75, 3.05) is 5.32 Å². The van der Waals surface area contributed by atoms with Gasteiger partial charge in [-0.05, 0) is 23.4 Å². The number of anilines is 1. The molecule has 0 aliphatic rings. The number of rotatable bonds is 6. The van der Waals surface area contributed by atoms with Crippen LogP contribution in [-0.4, -0.2) is 9.55 Å². The van der Waals surface area contributed by atoms with Crippen LogP contribution in [0.3, 0.4) is 0 Å². The minimum atomic E-state index is 0.785. The van der Waals surface area contributed by atoms with Crippen molar-refractivity contribution in [2.45, 2.75) is 26.4 Å². The number of aromatic nitrogens is 2. The minimum Gasteiger partial charge on any atom is -0.351 e. The first-order chi connectivity index (χ1) is 8.35. The fourth-order valence-electron chi connectivity index (χ4n) is 1.76. The van der Waals surface area contributed by atoms with Gasteiger partial charge in [-0.15, -0.1) is 17.9 Å². The monoisotopic (exact) mass is 247 g/mol. The summed E-state index contributed by atoms with van der Waals surface area (Å²) in [7, 11) is 0. The first-order valence-electron chi connectivity index (χ1n) is 5.76. The van der Waals surface area contributed by atoms with Crippen LogP contribution < -0.4 is 5.32 Å². The zero-order chi connectivity index (χ0) is 12.1. The van der Waals surface area contributed by atoms with E-state index in [-0.39, 0.29) is 0 Å². The molecule has 0 saturated carbocycles.